The second kappa shape index (κ2) is 7.89. The highest BCUT2D eigenvalue weighted by molar-refractivity contribution is 14.0. The maximum Gasteiger partial charge on any atom is 0.195 e. The fraction of sp³-hybridized carbons (Fsp3) is 0.727. The van der Waals surface area contributed by atoms with E-state index in [1.165, 1.54) is 5.57 Å². The minimum absolute atomic E-state index is 0. The number of ether oxygens (including phenoxy) is 1. The van der Waals surface area contributed by atoms with Crippen molar-refractivity contribution in [2.75, 3.05) is 47.9 Å². The molecule has 94 valence electrons. The Labute approximate surface area is 115 Å². The van der Waals surface area contributed by atoms with E-state index in [0.29, 0.717) is 0 Å². The summed E-state index contributed by atoms with van der Waals surface area (Å²) in [6.07, 6.45) is 3.25. The highest BCUT2D eigenvalue weighted by Crippen LogP contribution is 2.06. The zero-order valence-electron chi connectivity index (χ0n) is 10.6. The summed E-state index contributed by atoms with van der Waals surface area (Å²) in [7, 11) is 8.02. The van der Waals surface area contributed by atoms with Crippen molar-refractivity contribution in [1.29, 1.82) is 0 Å². The van der Waals surface area contributed by atoms with Gasteiger partial charge in [-0.15, -0.1) is 24.0 Å². The van der Waals surface area contributed by atoms with Crippen LogP contribution in [0.25, 0.3) is 0 Å². The number of hydrogen-bond donors (Lipinski definition) is 0. The lowest BCUT2D eigenvalue weighted by Crippen LogP contribution is -2.35. The molecule has 4 nitrogen and oxygen atoms in total. The second-order valence-electron chi connectivity index (χ2n) is 4.11. The first-order valence-electron chi connectivity index (χ1n) is 5.26. The van der Waals surface area contributed by atoms with E-state index in [1.54, 1.807) is 0 Å². The molecule has 0 unspecified atom stereocenters. The Balaban J connectivity index is 0.00000225. The van der Waals surface area contributed by atoms with Gasteiger partial charge in [0, 0.05) is 28.2 Å². The maximum absolute atomic E-state index is 5.37. The zero-order valence-corrected chi connectivity index (χ0v) is 12.9. The Morgan fingerprint density at radius 1 is 1.31 bits per heavy atom. The minimum atomic E-state index is 0. The highest BCUT2D eigenvalue weighted by atomic mass is 127. The third kappa shape index (κ3) is 5.16. The van der Waals surface area contributed by atoms with E-state index in [9.17, 15) is 0 Å². The van der Waals surface area contributed by atoms with E-state index in [1.807, 2.05) is 38.0 Å². The summed E-state index contributed by atoms with van der Waals surface area (Å²) >= 11 is 0. The van der Waals surface area contributed by atoms with Crippen molar-refractivity contribution in [3.63, 3.8) is 0 Å². The fourth-order valence-electron chi connectivity index (χ4n) is 1.57. The van der Waals surface area contributed by atoms with Gasteiger partial charge >= 0.3 is 0 Å². The van der Waals surface area contributed by atoms with Crippen molar-refractivity contribution in [3.8, 4) is 0 Å². The molecule has 0 atom stereocenters. The van der Waals surface area contributed by atoms with Crippen LogP contribution >= 0.6 is 24.0 Å². The summed E-state index contributed by atoms with van der Waals surface area (Å²) in [5.41, 5.74) is 1.28. The molecule has 0 aromatic heterocycles. The molecule has 1 aliphatic heterocycles. The van der Waals surface area contributed by atoms with Crippen LogP contribution in [0.4, 0.5) is 0 Å². The molecule has 0 amide bonds. The van der Waals surface area contributed by atoms with E-state index >= 15 is 0 Å². The van der Waals surface area contributed by atoms with E-state index in [4.69, 9.17) is 4.74 Å². The Morgan fingerprint density at radius 2 is 1.94 bits per heavy atom. The number of guanidine groups is 1. The Hall–Kier alpha value is -0.300. The largest absolute Gasteiger partial charge is 0.377 e. The molecule has 0 radical (unpaired) electrons. The van der Waals surface area contributed by atoms with Gasteiger partial charge in [-0.25, -0.2) is 4.99 Å². The summed E-state index contributed by atoms with van der Waals surface area (Å²) in [6, 6.07) is 0. The summed E-state index contributed by atoms with van der Waals surface area (Å²) < 4.78 is 5.37. The van der Waals surface area contributed by atoms with Crippen LogP contribution in [0.5, 0.6) is 0 Å². The zero-order chi connectivity index (χ0) is 11.3. The standard InChI is InChI=1S/C11H21N3O.HI/c1-13(2)11(14(3)4)12-8-10-6-5-7-15-9-10;/h6H,5,7-9H2,1-4H3;1H. The van der Waals surface area contributed by atoms with Crippen LogP contribution < -0.4 is 0 Å². The van der Waals surface area contributed by atoms with Gasteiger partial charge in [-0.3, -0.25) is 0 Å². The van der Waals surface area contributed by atoms with Crippen LogP contribution in [0.1, 0.15) is 6.42 Å². The summed E-state index contributed by atoms with van der Waals surface area (Å²) in [5.74, 6) is 0.987. The van der Waals surface area contributed by atoms with Crippen molar-refractivity contribution in [2.45, 2.75) is 6.42 Å². The fourth-order valence-corrected chi connectivity index (χ4v) is 1.57. The van der Waals surface area contributed by atoms with Crippen LogP contribution in [0.15, 0.2) is 16.6 Å². The first-order chi connectivity index (χ1) is 7.11. The van der Waals surface area contributed by atoms with Gasteiger partial charge in [-0.1, -0.05) is 6.08 Å². The average Bonchev–Trinajstić information content (AvgIpc) is 2.18. The van der Waals surface area contributed by atoms with Gasteiger partial charge in [0.25, 0.3) is 0 Å². The van der Waals surface area contributed by atoms with Gasteiger partial charge in [0.05, 0.1) is 19.8 Å². The molecule has 16 heavy (non-hydrogen) atoms. The average molecular weight is 339 g/mol. The highest BCUT2D eigenvalue weighted by Gasteiger charge is 2.06. The van der Waals surface area contributed by atoms with Crippen LogP contribution in [0.2, 0.25) is 0 Å². The van der Waals surface area contributed by atoms with Crippen molar-refractivity contribution in [2.24, 2.45) is 4.99 Å². The summed E-state index contributed by atoms with van der Waals surface area (Å²) in [6.45, 7) is 2.32. The van der Waals surface area contributed by atoms with E-state index in [0.717, 1.165) is 32.1 Å². The molecule has 5 heteroatoms. The quantitative estimate of drug-likeness (QED) is 0.330. The van der Waals surface area contributed by atoms with Crippen molar-refractivity contribution in [1.82, 2.24) is 9.80 Å². The van der Waals surface area contributed by atoms with Crippen LogP contribution in [-0.4, -0.2) is 63.7 Å². The molecule has 0 aliphatic carbocycles. The molecule has 0 saturated heterocycles. The van der Waals surface area contributed by atoms with E-state index < -0.39 is 0 Å². The monoisotopic (exact) mass is 339 g/mol. The van der Waals surface area contributed by atoms with Gasteiger partial charge in [0.15, 0.2) is 5.96 Å². The molecule has 1 aliphatic rings. The first kappa shape index (κ1) is 15.7. The van der Waals surface area contributed by atoms with Crippen LogP contribution in [0, 0.1) is 0 Å². The first-order valence-corrected chi connectivity index (χ1v) is 5.26. The Kier molecular flexibility index (Phi) is 7.74. The van der Waals surface area contributed by atoms with Crippen molar-refractivity contribution >= 4 is 29.9 Å². The van der Waals surface area contributed by atoms with Crippen LogP contribution in [0.3, 0.4) is 0 Å². The molecular weight excluding hydrogens is 317 g/mol. The normalized spacial score (nSPS) is 14.6. The van der Waals surface area contributed by atoms with Crippen LogP contribution in [-0.2, 0) is 4.74 Å². The third-order valence-electron chi connectivity index (χ3n) is 2.21. The van der Waals surface area contributed by atoms with Crippen molar-refractivity contribution in [3.05, 3.63) is 11.6 Å². The summed E-state index contributed by atoms with van der Waals surface area (Å²) in [4.78, 5) is 8.60. The molecule has 0 spiro atoms. The van der Waals surface area contributed by atoms with Crippen molar-refractivity contribution < 1.29 is 4.74 Å². The minimum Gasteiger partial charge on any atom is -0.377 e. The molecule has 0 fully saturated rings. The van der Waals surface area contributed by atoms with E-state index in [-0.39, 0.29) is 24.0 Å². The molecule has 0 aromatic rings. The van der Waals surface area contributed by atoms with Gasteiger partial charge < -0.3 is 14.5 Å². The smallest absolute Gasteiger partial charge is 0.195 e. The predicted molar refractivity (Wildman–Crippen MR) is 78.6 cm³/mol. The van der Waals surface area contributed by atoms with E-state index in [2.05, 4.69) is 11.1 Å². The van der Waals surface area contributed by atoms with Gasteiger partial charge in [0.1, 0.15) is 0 Å². The Bertz CT molecular complexity index is 252. The SMILES string of the molecule is CN(C)C(=NCC1=CCCOC1)N(C)C.I. The number of rotatable bonds is 2. The second-order valence-corrected chi connectivity index (χ2v) is 4.11. The van der Waals surface area contributed by atoms with Gasteiger partial charge in [-0.2, -0.15) is 0 Å². The number of aliphatic imine (C=N–C) groups is 1. The van der Waals surface area contributed by atoms with Gasteiger partial charge in [0.2, 0.25) is 0 Å². The number of nitrogens with zero attached hydrogens (tertiary/aromatic N) is 3. The molecule has 0 bridgehead atoms. The third-order valence-corrected chi connectivity index (χ3v) is 2.21. The molecule has 0 saturated carbocycles. The topological polar surface area (TPSA) is 28.1 Å². The lowest BCUT2D eigenvalue weighted by atomic mass is 10.2. The number of hydrogen-bond acceptors (Lipinski definition) is 2. The molecule has 1 heterocycles. The summed E-state index contributed by atoms with van der Waals surface area (Å²) in [5, 5.41) is 0. The lowest BCUT2D eigenvalue weighted by Gasteiger charge is -2.23. The lowest BCUT2D eigenvalue weighted by molar-refractivity contribution is 0.149. The molecular formula is C11H22IN3O. The molecule has 1 rings (SSSR count). The molecule has 0 N–H and O–H groups in total. The van der Waals surface area contributed by atoms with Gasteiger partial charge in [-0.05, 0) is 12.0 Å². The number of halogens is 1. The predicted octanol–water partition coefficient (Wildman–Crippen LogP) is 1.43. The Morgan fingerprint density at radius 3 is 2.38 bits per heavy atom. The molecule has 0 aromatic carbocycles. The maximum atomic E-state index is 5.37.